The fourth-order valence-corrected chi connectivity index (χ4v) is 2.10. The monoisotopic (exact) mass is 242 g/mol. The number of nitrogens with one attached hydrogen (secondary N) is 1. The number of carboxylic acids is 1. The number of aliphatic carboxylic acids is 1. The van der Waals surface area contributed by atoms with E-state index in [-0.39, 0.29) is 18.6 Å². The van der Waals surface area contributed by atoms with Gasteiger partial charge in [0.25, 0.3) is 0 Å². The molecular weight excluding hydrogens is 220 g/mol. The van der Waals surface area contributed by atoms with Gasteiger partial charge in [-0.1, -0.05) is 26.2 Å². The molecule has 2 N–H and O–H groups in total. The molecule has 0 bridgehead atoms. The molecular formula is C12H22N2O3. The number of amides is 2. The number of urea groups is 1. The molecule has 1 unspecified atom stereocenters. The highest BCUT2D eigenvalue weighted by Gasteiger charge is 2.20. The number of hydrogen-bond acceptors (Lipinski definition) is 2. The number of carbonyl (C=O) groups excluding carboxylic acids is 1. The summed E-state index contributed by atoms with van der Waals surface area (Å²) in [6.07, 6.45) is 5.65. The molecule has 17 heavy (non-hydrogen) atoms. The normalized spacial score (nSPS) is 18.5. The van der Waals surface area contributed by atoms with Crippen molar-refractivity contribution in [2.75, 3.05) is 13.6 Å². The minimum Gasteiger partial charge on any atom is -0.481 e. The predicted molar refractivity (Wildman–Crippen MR) is 64.8 cm³/mol. The molecule has 0 aromatic heterocycles. The molecule has 0 saturated heterocycles. The minimum atomic E-state index is -0.873. The van der Waals surface area contributed by atoms with Crippen molar-refractivity contribution < 1.29 is 14.7 Å². The van der Waals surface area contributed by atoms with Gasteiger partial charge >= 0.3 is 12.0 Å². The van der Waals surface area contributed by atoms with Crippen LogP contribution < -0.4 is 5.32 Å². The van der Waals surface area contributed by atoms with Gasteiger partial charge in [-0.2, -0.15) is 0 Å². The Bertz CT molecular complexity index is 275. The second kappa shape index (κ2) is 6.47. The summed E-state index contributed by atoms with van der Waals surface area (Å²) in [4.78, 5) is 23.9. The summed E-state index contributed by atoms with van der Waals surface area (Å²) in [5.74, 6) is -1.40. The SMILES string of the molecule is CC(CN(C)C(=O)NC1CCCCC1)C(=O)O. The Labute approximate surface area is 102 Å². The average molecular weight is 242 g/mol. The first-order valence-electron chi connectivity index (χ1n) is 6.25. The van der Waals surface area contributed by atoms with Gasteiger partial charge in [-0.05, 0) is 12.8 Å². The van der Waals surface area contributed by atoms with E-state index in [0.717, 1.165) is 12.8 Å². The summed E-state index contributed by atoms with van der Waals surface area (Å²) < 4.78 is 0. The van der Waals surface area contributed by atoms with E-state index >= 15 is 0 Å². The van der Waals surface area contributed by atoms with E-state index in [0.29, 0.717) is 0 Å². The molecule has 1 rings (SSSR count). The summed E-state index contributed by atoms with van der Waals surface area (Å²) in [7, 11) is 1.64. The van der Waals surface area contributed by atoms with Crippen molar-refractivity contribution in [3.8, 4) is 0 Å². The second-order valence-electron chi connectivity index (χ2n) is 4.90. The predicted octanol–water partition coefficient (Wildman–Crippen LogP) is 1.68. The zero-order valence-electron chi connectivity index (χ0n) is 10.6. The number of hydrogen-bond donors (Lipinski definition) is 2. The Kier molecular flexibility index (Phi) is 5.25. The molecule has 0 aromatic rings. The highest BCUT2D eigenvalue weighted by atomic mass is 16.4. The van der Waals surface area contributed by atoms with Crippen LogP contribution in [0.1, 0.15) is 39.0 Å². The first kappa shape index (κ1) is 13.8. The van der Waals surface area contributed by atoms with Gasteiger partial charge in [-0.15, -0.1) is 0 Å². The molecule has 0 heterocycles. The van der Waals surface area contributed by atoms with Gasteiger partial charge < -0.3 is 15.3 Å². The lowest BCUT2D eigenvalue weighted by molar-refractivity contribution is -0.141. The lowest BCUT2D eigenvalue weighted by Crippen LogP contribution is -2.45. The first-order valence-corrected chi connectivity index (χ1v) is 6.25. The number of nitrogens with zero attached hydrogens (tertiary/aromatic N) is 1. The van der Waals surface area contributed by atoms with E-state index < -0.39 is 11.9 Å². The summed E-state index contributed by atoms with van der Waals surface area (Å²) in [6.45, 7) is 1.85. The Hall–Kier alpha value is -1.26. The maximum atomic E-state index is 11.8. The molecule has 1 aliphatic rings. The van der Waals surface area contributed by atoms with Crippen molar-refractivity contribution in [3.63, 3.8) is 0 Å². The van der Waals surface area contributed by atoms with Crippen LogP contribution in [-0.4, -0.2) is 41.6 Å². The van der Waals surface area contributed by atoms with Crippen molar-refractivity contribution >= 4 is 12.0 Å². The van der Waals surface area contributed by atoms with Gasteiger partial charge in [-0.3, -0.25) is 4.79 Å². The molecule has 0 aromatic carbocycles. The van der Waals surface area contributed by atoms with Crippen molar-refractivity contribution in [2.24, 2.45) is 5.92 Å². The van der Waals surface area contributed by atoms with Crippen molar-refractivity contribution in [1.82, 2.24) is 10.2 Å². The van der Waals surface area contributed by atoms with Crippen LogP contribution in [0.25, 0.3) is 0 Å². The smallest absolute Gasteiger partial charge is 0.317 e. The summed E-state index contributed by atoms with van der Waals surface area (Å²) in [6, 6.07) is 0.101. The van der Waals surface area contributed by atoms with E-state index in [1.807, 2.05) is 0 Å². The van der Waals surface area contributed by atoms with E-state index in [4.69, 9.17) is 5.11 Å². The molecule has 1 fully saturated rings. The molecule has 5 nitrogen and oxygen atoms in total. The van der Waals surface area contributed by atoms with E-state index in [9.17, 15) is 9.59 Å². The van der Waals surface area contributed by atoms with Crippen molar-refractivity contribution in [1.29, 1.82) is 0 Å². The van der Waals surface area contributed by atoms with Crippen molar-refractivity contribution in [3.05, 3.63) is 0 Å². The number of rotatable bonds is 4. The summed E-state index contributed by atoms with van der Waals surface area (Å²) in [5.41, 5.74) is 0. The first-order chi connectivity index (χ1) is 8.00. The van der Waals surface area contributed by atoms with Gasteiger partial charge in [0.05, 0.1) is 5.92 Å². The van der Waals surface area contributed by atoms with E-state index in [1.54, 1.807) is 14.0 Å². The maximum Gasteiger partial charge on any atom is 0.317 e. The van der Waals surface area contributed by atoms with Gasteiger partial charge in [0.2, 0.25) is 0 Å². The summed E-state index contributed by atoms with van der Waals surface area (Å²) >= 11 is 0. The van der Waals surface area contributed by atoms with Gasteiger partial charge in [0.15, 0.2) is 0 Å². The minimum absolute atomic E-state index is 0.162. The van der Waals surface area contributed by atoms with Crippen LogP contribution in [0, 0.1) is 5.92 Å². The molecule has 1 atom stereocenters. The molecule has 1 aliphatic carbocycles. The third-order valence-electron chi connectivity index (χ3n) is 3.25. The standard InChI is InChI=1S/C12H22N2O3/c1-9(11(15)16)8-14(2)12(17)13-10-6-4-3-5-7-10/h9-10H,3-8H2,1-2H3,(H,13,17)(H,15,16). The van der Waals surface area contributed by atoms with Gasteiger partial charge in [0, 0.05) is 19.6 Å². The molecule has 0 spiro atoms. The lowest BCUT2D eigenvalue weighted by atomic mass is 9.96. The largest absolute Gasteiger partial charge is 0.481 e. The maximum absolute atomic E-state index is 11.8. The van der Waals surface area contributed by atoms with Crippen molar-refractivity contribution in [2.45, 2.75) is 45.1 Å². The Balaban J connectivity index is 2.33. The van der Waals surface area contributed by atoms with Gasteiger partial charge in [0.1, 0.15) is 0 Å². The molecule has 1 saturated carbocycles. The number of carbonyl (C=O) groups is 2. The van der Waals surface area contributed by atoms with E-state index in [1.165, 1.54) is 24.2 Å². The zero-order chi connectivity index (χ0) is 12.8. The third kappa shape index (κ3) is 4.63. The topological polar surface area (TPSA) is 69.6 Å². The molecule has 0 radical (unpaired) electrons. The van der Waals surface area contributed by atoms with Crippen LogP contribution in [0.3, 0.4) is 0 Å². The van der Waals surface area contributed by atoms with Crippen LogP contribution in [0.15, 0.2) is 0 Å². The fourth-order valence-electron chi connectivity index (χ4n) is 2.10. The van der Waals surface area contributed by atoms with Crippen LogP contribution in [-0.2, 0) is 4.79 Å². The fraction of sp³-hybridized carbons (Fsp3) is 0.833. The lowest BCUT2D eigenvalue weighted by Gasteiger charge is -2.26. The third-order valence-corrected chi connectivity index (χ3v) is 3.25. The number of carboxylic acid groups (broad SMARTS) is 1. The Morgan fingerprint density at radius 3 is 2.47 bits per heavy atom. The molecule has 0 aliphatic heterocycles. The second-order valence-corrected chi connectivity index (χ2v) is 4.90. The van der Waals surface area contributed by atoms with Crippen LogP contribution >= 0.6 is 0 Å². The highest BCUT2D eigenvalue weighted by molar-refractivity contribution is 5.75. The summed E-state index contributed by atoms with van der Waals surface area (Å²) in [5, 5.41) is 11.7. The Morgan fingerprint density at radius 2 is 1.94 bits per heavy atom. The highest BCUT2D eigenvalue weighted by Crippen LogP contribution is 2.17. The quantitative estimate of drug-likeness (QED) is 0.788. The molecule has 5 heteroatoms. The Morgan fingerprint density at radius 1 is 1.35 bits per heavy atom. The van der Waals surface area contributed by atoms with Crippen LogP contribution in [0.2, 0.25) is 0 Å². The van der Waals surface area contributed by atoms with Crippen LogP contribution in [0.5, 0.6) is 0 Å². The molecule has 98 valence electrons. The van der Waals surface area contributed by atoms with E-state index in [2.05, 4.69) is 5.32 Å². The average Bonchev–Trinajstić information content (AvgIpc) is 2.29. The van der Waals surface area contributed by atoms with Crippen LogP contribution in [0.4, 0.5) is 4.79 Å². The molecule has 2 amide bonds. The van der Waals surface area contributed by atoms with Gasteiger partial charge in [-0.25, -0.2) is 4.79 Å². The zero-order valence-corrected chi connectivity index (χ0v) is 10.6.